The van der Waals surface area contributed by atoms with E-state index in [1.54, 1.807) is 0 Å². The van der Waals surface area contributed by atoms with Crippen molar-refractivity contribution in [3.63, 3.8) is 0 Å². The van der Waals surface area contributed by atoms with Gasteiger partial charge in [-0.05, 0) is 29.8 Å². The summed E-state index contributed by atoms with van der Waals surface area (Å²) in [5.74, 6) is 0. The molecule has 1 nitrogen and oxygen atoms in total. The van der Waals surface area contributed by atoms with Gasteiger partial charge in [0.15, 0.2) is 9.79 Å². The molecule has 3 aromatic carbocycles. The highest BCUT2D eigenvalue weighted by molar-refractivity contribution is 8.11. The van der Waals surface area contributed by atoms with Crippen molar-refractivity contribution in [2.45, 2.75) is 16.2 Å². The van der Waals surface area contributed by atoms with E-state index in [0.29, 0.717) is 6.42 Å². The minimum Gasteiger partial charge on any atom is -0.236 e. The minimum absolute atomic E-state index is 0.253. The molecule has 0 amide bonds. The number of carbonyl (C=O) groups excluding carboxylic acids is 1. The predicted octanol–water partition coefficient (Wildman–Crippen LogP) is 4.49. The monoisotopic (exact) mass is 305 g/mol. The van der Waals surface area contributed by atoms with Crippen LogP contribution in [0.25, 0.3) is 0 Å². The summed E-state index contributed by atoms with van der Waals surface area (Å²) in [7, 11) is -0.535. The third-order valence-corrected chi connectivity index (χ3v) is 5.46. The molecule has 0 atom stereocenters. The molecule has 0 bridgehead atoms. The van der Waals surface area contributed by atoms with Gasteiger partial charge in [0.1, 0.15) is 10.9 Å². The van der Waals surface area contributed by atoms with E-state index in [1.807, 2.05) is 91.0 Å². The highest BCUT2D eigenvalue weighted by Crippen LogP contribution is 2.25. The fraction of sp³-hybridized carbons (Fsp3) is 0.0500. The van der Waals surface area contributed by atoms with Gasteiger partial charge in [0.25, 0.3) is 0 Å². The Morgan fingerprint density at radius 2 is 1.05 bits per heavy atom. The second-order valence-electron chi connectivity index (χ2n) is 4.97. The Balaban J connectivity index is 1.94. The summed E-state index contributed by atoms with van der Waals surface area (Å²) in [5.41, 5.74) is 1.07. The molecular formula is C20H17OS+. The molecule has 0 unspecified atom stereocenters. The van der Waals surface area contributed by atoms with Crippen molar-refractivity contribution in [3.05, 3.63) is 96.6 Å². The average molecular weight is 305 g/mol. The van der Waals surface area contributed by atoms with Crippen LogP contribution in [0.3, 0.4) is 0 Å². The van der Waals surface area contributed by atoms with Crippen LogP contribution in [0.1, 0.15) is 5.56 Å². The van der Waals surface area contributed by atoms with Crippen LogP contribution in [0, 0.1) is 0 Å². The molecule has 0 saturated heterocycles. The molecule has 2 heteroatoms. The van der Waals surface area contributed by atoms with Gasteiger partial charge in [-0.25, -0.2) is 4.79 Å². The topological polar surface area (TPSA) is 17.1 Å². The van der Waals surface area contributed by atoms with Crippen molar-refractivity contribution < 1.29 is 4.79 Å². The Labute approximate surface area is 134 Å². The van der Waals surface area contributed by atoms with Gasteiger partial charge < -0.3 is 0 Å². The summed E-state index contributed by atoms with van der Waals surface area (Å²) in [5, 5.41) is 0.253. The lowest BCUT2D eigenvalue weighted by Gasteiger charge is -2.06. The van der Waals surface area contributed by atoms with Crippen LogP contribution in [-0.4, -0.2) is 5.12 Å². The van der Waals surface area contributed by atoms with E-state index in [9.17, 15) is 4.79 Å². The lowest BCUT2D eigenvalue weighted by atomic mass is 10.2. The third-order valence-electron chi connectivity index (χ3n) is 3.38. The van der Waals surface area contributed by atoms with Crippen molar-refractivity contribution in [1.82, 2.24) is 0 Å². The van der Waals surface area contributed by atoms with Gasteiger partial charge in [0.2, 0.25) is 0 Å². The van der Waals surface area contributed by atoms with E-state index < -0.39 is 10.9 Å². The molecule has 0 aromatic heterocycles. The molecule has 0 heterocycles. The van der Waals surface area contributed by atoms with Crippen molar-refractivity contribution in [1.29, 1.82) is 0 Å². The number of hydrogen-bond acceptors (Lipinski definition) is 1. The van der Waals surface area contributed by atoms with Gasteiger partial charge in [0.05, 0.1) is 6.42 Å². The van der Waals surface area contributed by atoms with Crippen molar-refractivity contribution in [3.8, 4) is 0 Å². The second kappa shape index (κ2) is 7.10. The van der Waals surface area contributed by atoms with E-state index in [-0.39, 0.29) is 5.12 Å². The molecular weight excluding hydrogens is 288 g/mol. The minimum atomic E-state index is -0.535. The first-order valence-electron chi connectivity index (χ1n) is 7.26. The largest absolute Gasteiger partial charge is 0.346 e. The van der Waals surface area contributed by atoms with Crippen molar-refractivity contribution in [2.75, 3.05) is 0 Å². The highest BCUT2D eigenvalue weighted by Gasteiger charge is 2.34. The van der Waals surface area contributed by atoms with E-state index in [2.05, 4.69) is 0 Å². The van der Waals surface area contributed by atoms with Crippen LogP contribution in [0.4, 0.5) is 0 Å². The van der Waals surface area contributed by atoms with Gasteiger partial charge in [-0.2, -0.15) is 0 Å². The zero-order valence-electron chi connectivity index (χ0n) is 12.2. The molecule has 0 radical (unpaired) electrons. The van der Waals surface area contributed by atoms with E-state index in [4.69, 9.17) is 0 Å². The zero-order valence-corrected chi connectivity index (χ0v) is 13.0. The van der Waals surface area contributed by atoms with E-state index in [1.165, 1.54) is 0 Å². The summed E-state index contributed by atoms with van der Waals surface area (Å²) >= 11 is 0. The smallest absolute Gasteiger partial charge is 0.236 e. The molecule has 0 aliphatic rings. The number of carbonyl (C=O) groups is 1. The van der Waals surface area contributed by atoms with Gasteiger partial charge in [0, 0.05) is 0 Å². The van der Waals surface area contributed by atoms with Gasteiger partial charge in [-0.3, -0.25) is 0 Å². The van der Waals surface area contributed by atoms with Crippen LogP contribution in [0.2, 0.25) is 0 Å². The van der Waals surface area contributed by atoms with Crippen LogP contribution < -0.4 is 0 Å². The summed E-state index contributed by atoms with van der Waals surface area (Å²) < 4.78 is 0. The number of rotatable bonds is 4. The molecule has 3 aromatic rings. The SMILES string of the molecule is O=C(Cc1ccccc1)[S+](c1ccccc1)c1ccccc1. The Morgan fingerprint density at radius 1 is 0.636 bits per heavy atom. The fourth-order valence-corrected chi connectivity index (χ4v) is 4.31. The fourth-order valence-electron chi connectivity index (χ4n) is 2.35. The van der Waals surface area contributed by atoms with Crippen LogP contribution in [0.5, 0.6) is 0 Å². The summed E-state index contributed by atoms with van der Waals surface area (Å²) in [6, 6.07) is 30.1. The van der Waals surface area contributed by atoms with Crippen LogP contribution in [-0.2, 0) is 22.1 Å². The van der Waals surface area contributed by atoms with Crippen molar-refractivity contribution >= 4 is 16.0 Å². The van der Waals surface area contributed by atoms with E-state index >= 15 is 0 Å². The Morgan fingerprint density at radius 3 is 1.50 bits per heavy atom. The first-order valence-corrected chi connectivity index (χ1v) is 8.48. The molecule has 0 saturated carbocycles. The quantitative estimate of drug-likeness (QED) is 0.649. The third kappa shape index (κ3) is 3.46. The highest BCUT2D eigenvalue weighted by atomic mass is 32.2. The number of hydrogen-bond donors (Lipinski definition) is 0. The molecule has 0 aliphatic carbocycles. The average Bonchev–Trinajstić information content (AvgIpc) is 2.58. The lowest BCUT2D eigenvalue weighted by molar-refractivity contribution is -0.110. The second-order valence-corrected chi connectivity index (χ2v) is 6.98. The molecule has 0 spiro atoms. The normalized spacial score (nSPS) is 10.6. The summed E-state index contributed by atoms with van der Waals surface area (Å²) in [6.45, 7) is 0. The standard InChI is InChI=1S/C20H17OS/c21-20(16-17-10-4-1-5-11-17)22(18-12-6-2-7-13-18)19-14-8-3-9-15-19/h1-15H,16H2/q+1. The summed E-state index contributed by atoms with van der Waals surface area (Å²) in [4.78, 5) is 15.1. The van der Waals surface area contributed by atoms with Gasteiger partial charge >= 0.3 is 5.12 Å². The van der Waals surface area contributed by atoms with Crippen LogP contribution in [0.15, 0.2) is 101 Å². The van der Waals surface area contributed by atoms with E-state index in [0.717, 1.165) is 15.4 Å². The van der Waals surface area contributed by atoms with Gasteiger partial charge in [-0.1, -0.05) is 66.7 Å². The molecule has 108 valence electrons. The first-order chi connectivity index (χ1) is 10.8. The Hall–Kier alpha value is -2.32. The zero-order chi connectivity index (χ0) is 15.2. The molecule has 22 heavy (non-hydrogen) atoms. The maximum atomic E-state index is 12.9. The summed E-state index contributed by atoms with van der Waals surface area (Å²) in [6.07, 6.45) is 0.466. The van der Waals surface area contributed by atoms with Crippen molar-refractivity contribution in [2.24, 2.45) is 0 Å². The molecule has 3 rings (SSSR count). The lowest BCUT2D eigenvalue weighted by Crippen LogP contribution is -2.18. The van der Waals surface area contributed by atoms with Gasteiger partial charge in [-0.15, -0.1) is 0 Å². The molecule has 0 aliphatic heterocycles. The predicted molar refractivity (Wildman–Crippen MR) is 91.9 cm³/mol. The maximum absolute atomic E-state index is 12.9. The Kier molecular flexibility index (Phi) is 4.71. The number of benzene rings is 3. The molecule has 0 fully saturated rings. The first kappa shape index (κ1) is 14.6. The molecule has 0 N–H and O–H groups in total. The maximum Gasteiger partial charge on any atom is 0.346 e. The van der Waals surface area contributed by atoms with Crippen LogP contribution >= 0.6 is 0 Å². The Bertz CT molecular complexity index is 684.